The number of carbonyl (C=O) groups excluding carboxylic acids is 1. The van der Waals surface area contributed by atoms with Gasteiger partial charge in [-0.15, -0.1) is 0 Å². The van der Waals surface area contributed by atoms with E-state index in [4.69, 9.17) is 0 Å². The third-order valence-electron chi connectivity index (χ3n) is 5.64. The molecule has 2 aliphatic heterocycles. The van der Waals surface area contributed by atoms with Gasteiger partial charge in [0.25, 0.3) is 0 Å². The normalized spacial score (nSPS) is 21.0. The van der Waals surface area contributed by atoms with E-state index in [9.17, 15) is 4.79 Å². The zero-order chi connectivity index (χ0) is 19.2. The molecule has 0 unspecified atom stereocenters. The zero-order valence-corrected chi connectivity index (χ0v) is 16.3. The van der Waals surface area contributed by atoms with E-state index in [1.54, 1.807) is 6.20 Å². The quantitative estimate of drug-likeness (QED) is 0.865. The maximum atomic E-state index is 12.7. The second-order valence-corrected chi connectivity index (χ2v) is 7.78. The van der Waals surface area contributed by atoms with Crippen molar-refractivity contribution < 1.29 is 4.79 Å². The van der Waals surface area contributed by atoms with Gasteiger partial charge in [0.05, 0.1) is 0 Å². The van der Waals surface area contributed by atoms with Crippen molar-refractivity contribution in [2.45, 2.75) is 25.6 Å². The molecule has 1 atom stereocenters. The van der Waals surface area contributed by atoms with Crippen LogP contribution < -0.4 is 5.32 Å². The molecule has 0 radical (unpaired) electrons. The van der Waals surface area contributed by atoms with Crippen LogP contribution in [0.2, 0.25) is 0 Å². The average molecular weight is 380 g/mol. The van der Waals surface area contributed by atoms with Gasteiger partial charge in [-0.1, -0.05) is 36.4 Å². The van der Waals surface area contributed by atoms with Crippen molar-refractivity contribution in [3.05, 3.63) is 66.0 Å². The summed E-state index contributed by atoms with van der Waals surface area (Å²) in [4.78, 5) is 23.6. The number of carbonyl (C=O) groups is 1. The summed E-state index contributed by atoms with van der Waals surface area (Å²) in [5.74, 6) is 0. The summed E-state index contributed by atoms with van der Waals surface area (Å²) in [6.07, 6.45) is 4.75. The van der Waals surface area contributed by atoms with Crippen LogP contribution in [0.3, 0.4) is 0 Å². The molecule has 1 aromatic heterocycles. The van der Waals surface area contributed by atoms with Crippen LogP contribution in [0.5, 0.6) is 0 Å². The first-order chi connectivity index (χ1) is 13.8. The number of hydrogen-bond acceptors (Lipinski definition) is 4. The molecule has 6 nitrogen and oxygen atoms in total. The summed E-state index contributed by atoms with van der Waals surface area (Å²) in [6, 6.07) is 15.0. The first-order valence-corrected chi connectivity index (χ1v) is 10.2. The number of pyridine rings is 1. The van der Waals surface area contributed by atoms with Gasteiger partial charge in [-0.25, -0.2) is 4.79 Å². The van der Waals surface area contributed by atoms with E-state index in [2.05, 4.69) is 50.4 Å². The lowest BCUT2D eigenvalue weighted by atomic mass is 10.2. The third-order valence-corrected chi connectivity index (χ3v) is 5.64. The molecule has 0 bridgehead atoms. The lowest BCUT2D eigenvalue weighted by Gasteiger charge is -2.35. The smallest absolute Gasteiger partial charge is 0.317 e. The molecule has 0 saturated carbocycles. The van der Waals surface area contributed by atoms with E-state index in [1.807, 2.05) is 23.2 Å². The van der Waals surface area contributed by atoms with Gasteiger partial charge in [0, 0.05) is 70.8 Å². The van der Waals surface area contributed by atoms with Gasteiger partial charge in [-0.3, -0.25) is 14.8 Å². The number of nitrogens with zero attached hydrogens (tertiary/aromatic N) is 4. The van der Waals surface area contributed by atoms with Gasteiger partial charge in [-0.2, -0.15) is 0 Å². The Morgan fingerprint density at radius 2 is 1.68 bits per heavy atom. The molecule has 6 heteroatoms. The Bertz CT molecular complexity index is 746. The minimum Gasteiger partial charge on any atom is -0.334 e. The minimum atomic E-state index is 0.0904. The van der Waals surface area contributed by atoms with Crippen LogP contribution in [0.25, 0.3) is 0 Å². The molecule has 3 heterocycles. The fraction of sp³-hybridized carbons (Fsp3) is 0.455. The predicted octanol–water partition coefficient (Wildman–Crippen LogP) is 2.18. The Hall–Kier alpha value is -2.44. The van der Waals surface area contributed by atoms with Crippen LogP contribution in [0, 0.1) is 0 Å². The van der Waals surface area contributed by atoms with E-state index in [1.165, 1.54) is 11.1 Å². The molecule has 1 aromatic carbocycles. The molecule has 4 rings (SSSR count). The van der Waals surface area contributed by atoms with E-state index in [0.29, 0.717) is 0 Å². The lowest BCUT2D eigenvalue weighted by molar-refractivity contribution is 0.133. The molecule has 2 amide bonds. The Morgan fingerprint density at radius 1 is 0.929 bits per heavy atom. The molecular formula is C22H29N5O. The van der Waals surface area contributed by atoms with E-state index in [-0.39, 0.29) is 12.1 Å². The molecule has 28 heavy (non-hydrogen) atoms. The predicted molar refractivity (Wildman–Crippen MR) is 110 cm³/mol. The number of urea groups is 1. The molecule has 2 saturated heterocycles. The first-order valence-electron chi connectivity index (χ1n) is 10.2. The van der Waals surface area contributed by atoms with E-state index >= 15 is 0 Å². The van der Waals surface area contributed by atoms with E-state index < -0.39 is 0 Å². The van der Waals surface area contributed by atoms with Crippen molar-refractivity contribution in [3.8, 4) is 0 Å². The molecule has 1 N–H and O–H groups in total. The van der Waals surface area contributed by atoms with Gasteiger partial charge in [-0.05, 0) is 23.6 Å². The van der Waals surface area contributed by atoms with Gasteiger partial charge in [0.2, 0.25) is 0 Å². The van der Waals surface area contributed by atoms with Crippen LogP contribution in [0.4, 0.5) is 4.79 Å². The van der Waals surface area contributed by atoms with E-state index in [0.717, 1.165) is 58.8 Å². The Morgan fingerprint density at radius 3 is 2.43 bits per heavy atom. The first kappa shape index (κ1) is 18.9. The SMILES string of the molecule is O=C(N[C@@H]1CCN(Cc2ccccc2)C1)N1CCN(Cc2cccnc2)CC1. The second-order valence-electron chi connectivity index (χ2n) is 7.78. The topological polar surface area (TPSA) is 51.7 Å². The van der Waals surface area contributed by atoms with Crippen molar-refractivity contribution >= 4 is 6.03 Å². The number of hydrogen-bond donors (Lipinski definition) is 1. The van der Waals surface area contributed by atoms with Gasteiger partial charge < -0.3 is 10.2 Å². The minimum absolute atomic E-state index is 0.0904. The summed E-state index contributed by atoms with van der Waals surface area (Å²) in [6.45, 7) is 7.22. The van der Waals surface area contributed by atoms with Crippen molar-refractivity contribution in [1.29, 1.82) is 0 Å². The van der Waals surface area contributed by atoms with Crippen molar-refractivity contribution in [1.82, 2.24) is 25.0 Å². The maximum absolute atomic E-state index is 12.7. The van der Waals surface area contributed by atoms with Crippen molar-refractivity contribution in [2.24, 2.45) is 0 Å². The molecule has 2 aromatic rings. The summed E-state index contributed by atoms with van der Waals surface area (Å²) < 4.78 is 0. The highest BCUT2D eigenvalue weighted by molar-refractivity contribution is 5.74. The second kappa shape index (κ2) is 9.17. The molecular weight excluding hydrogens is 350 g/mol. The Kier molecular flexibility index (Phi) is 6.19. The number of aromatic nitrogens is 1. The zero-order valence-electron chi connectivity index (χ0n) is 16.3. The van der Waals surface area contributed by atoms with Gasteiger partial charge >= 0.3 is 6.03 Å². The Balaban J connectivity index is 1.19. The highest BCUT2D eigenvalue weighted by Gasteiger charge is 2.27. The summed E-state index contributed by atoms with van der Waals surface area (Å²) in [5, 5.41) is 3.25. The fourth-order valence-corrected chi connectivity index (χ4v) is 4.06. The standard InChI is InChI=1S/C22H29N5O/c28-22(24-21-8-10-26(18-21)16-19-5-2-1-3-6-19)27-13-11-25(12-14-27)17-20-7-4-9-23-15-20/h1-7,9,15,21H,8,10-14,16-18H2,(H,24,28)/t21-/m1/s1. The number of amides is 2. The number of piperazine rings is 1. The molecule has 0 spiro atoms. The largest absolute Gasteiger partial charge is 0.334 e. The molecule has 148 valence electrons. The average Bonchev–Trinajstić information content (AvgIpc) is 3.17. The maximum Gasteiger partial charge on any atom is 0.317 e. The summed E-state index contributed by atoms with van der Waals surface area (Å²) in [7, 11) is 0. The summed E-state index contributed by atoms with van der Waals surface area (Å²) >= 11 is 0. The van der Waals surface area contributed by atoms with Gasteiger partial charge in [0.1, 0.15) is 0 Å². The van der Waals surface area contributed by atoms with Crippen molar-refractivity contribution in [3.63, 3.8) is 0 Å². The lowest BCUT2D eigenvalue weighted by Crippen LogP contribution is -2.53. The van der Waals surface area contributed by atoms with Crippen LogP contribution in [0.1, 0.15) is 17.5 Å². The van der Waals surface area contributed by atoms with Crippen LogP contribution >= 0.6 is 0 Å². The van der Waals surface area contributed by atoms with Crippen LogP contribution in [-0.2, 0) is 13.1 Å². The van der Waals surface area contributed by atoms with Gasteiger partial charge in [0.15, 0.2) is 0 Å². The Labute approximate surface area is 167 Å². The number of rotatable bonds is 5. The molecule has 2 fully saturated rings. The fourth-order valence-electron chi connectivity index (χ4n) is 4.06. The van der Waals surface area contributed by atoms with Crippen LogP contribution in [0.15, 0.2) is 54.9 Å². The number of benzene rings is 1. The molecule has 0 aliphatic carbocycles. The van der Waals surface area contributed by atoms with Crippen molar-refractivity contribution in [2.75, 3.05) is 39.3 Å². The van der Waals surface area contributed by atoms with Crippen LogP contribution in [-0.4, -0.2) is 71.0 Å². The summed E-state index contributed by atoms with van der Waals surface area (Å²) in [5.41, 5.74) is 2.56. The third kappa shape index (κ3) is 5.09. The monoisotopic (exact) mass is 379 g/mol. The molecule has 2 aliphatic rings. The number of likely N-dealkylation sites (tertiary alicyclic amines) is 1. The number of nitrogens with one attached hydrogen (secondary N) is 1. The highest BCUT2D eigenvalue weighted by Crippen LogP contribution is 2.14. The highest BCUT2D eigenvalue weighted by atomic mass is 16.2.